The first kappa shape index (κ1) is 10.7. The number of rotatable bonds is 1. The standard InChI is InChI=1S/C14H12ClNO/c15-12-3-1-2-11-7-10-5-4-9(8-17)6-13(10)16-14(11)12/h4-8,12H,1-3H2. The molecule has 0 saturated heterocycles. The number of carbonyl (C=O) groups excluding carboxylic acids is 1. The minimum Gasteiger partial charge on any atom is -0.298 e. The third-order valence-electron chi connectivity index (χ3n) is 3.29. The predicted molar refractivity (Wildman–Crippen MR) is 68.7 cm³/mol. The van der Waals surface area contributed by atoms with Gasteiger partial charge in [0, 0.05) is 10.9 Å². The van der Waals surface area contributed by atoms with Gasteiger partial charge in [-0.15, -0.1) is 11.6 Å². The molecule has 1 aromatic heterocycles. The number of alkyl halides is 1. The van der Waals surface area contributed by atoms with E-state index in [1.54, 1.807) is 0 Å². The first-order chi connectivity index (χ1) is 8.28. The fraction of sp³-hybridized carbons (Fsp3) is 0.286. The minimum absolute atomic E-state index is 0.0167. The normalized spacial score (nSPS) is 19.0. The number of aromatic nitrogens is 1. The van der Waals surface area contributed by atoms with Crippen LogP contribution in [0.4, 0.5) is 0 Å². The lowest BCUT2D eigenvalue weighted by Crippen LogP contribution is -2.08. The van der Waals surface area contributed by atoms with Crippen molar-refractivity contribution in [3.8, 4) is 0 Å². The lowest BCUT2D eigenvalue weighted by Gasteiger charge is -2.20. The highest BCUT2D eigenvalue weighted by Crippen LogP contribution is 2.34. The Morgan fingerprint density at radius 2 is 2.24 bits per heavy atom. The quantitative estimate of drug-likeness (QED) is 0.567. The number of aryl methyl sites for hydroxylation is 1. The fourth-order valence-corrected chi connectivity index (χ4v) is 2.74. The molecule has 1 aliphatic carbocycles. The van der Waals surface area contributed by atoms with Crippen molar-refractivity contribution < 1.29 is 4.79 Å². The smallest absolute Gasteiger partial charge is 0.150 e. The van der Waals surface area contributed by atoms with Gasteiger partial charge in [0.05, 0.1) is 16.6 Å². The average Bonchev–Trinajstić information content (AvgIpc) is 2.37. The average molecular weight is 246 g/mol. The zero-order valence-electron chi connectivity index (χ0n) is 9.32. The van der Waals surface area contributed by atoms with Crippen molar-refractivity contribution in [3.63, 3.8) is 0 Å². The maximum Gasteiger partial charge on any atom is 0.150 e. The highest BCUT2D eigenvalue weighted by atomic mass is 35.5. The molecular formula is C14H12ClNO. The predicted octanol–water partition coefficient (Wildman–Crippen LogP) is 3.66. The summed E-state index contributed by atoms with van der Waals surface area (Å²) in [4.78, 5) is 15.4. The van der Waals surface area contributed by atoms with Crippen molar-refractivity contribution in [1.29, 1.82) is 0 Å². The van der Waals surface area contributed by atoms with Crippen LogP contribution in [0, 0.1) is 0 Å². The Morgan fingerprint density at radius 1 is 1.35 bits per heavy atom. The molecule has 0 bridgehead atoms. The third kappa shape index (κ3) is 1.83. The number of pyridine rings is 1. The Labute approximate surface area is 105 Å². The van der Waals surface area contributed by atoms with Crippen LogP contribution in [0.25, 0.3) is 10.9 Å². The van der Waals surface area contributed by atoms with Gasteiger partial charge < -0.3 is 0 Å². The van der Waals surface area contributed by atoms with Crippen LogP contribution < -0.4 is 0 Å². The number of halogens is 1. The van der Waals surface area contributed by atoms with Crippen LogP contribution in [0.15, 0.2) is 24.3 Å². The molecule has 1 aromatic carbocycles. The second-order valence-electron chi connectivity index (χ2n) is 4.46. The van der Waals surface area contributed by atoms with Gasteiger partial charge in [-0.25, -0.2) is 0 Å². The minimum atomic E-state index is 0.0167. The highest BCUT2D eigenvalue weighted by Gasteiger charge is 2.20. The molecule has 1 atom stereocenters. The van der Waals surface area contributed by atoms with Crippen molar-refractivity contribution in [3.05, 3.63) is 41.1 Å². The number of hydrogen-bond donors (Lipinski definition) is 0. The molecule has 17 heavy (non-hydrogen) atoms. The van der Waals surface area contributed by atoms with Gasteiger partial charge in [0.2, 0.25) is 0 Å². The monoisotopic (exact) mass is 245 g/mol. The SMILES string of the molecule is O=Cc1ccc2cc3c(nc2c1)C(Cl)CCC3. The van der Waals surface area contributed by atoms with Crippen LogP contribution in [0.2, 0.25) is 0 Å². The van der Waals surface area contributed by atoms with Gasteiger partial charge in [-0.1, -0.05) is 12.1 Å². The van der Waals surface area contributed by atoms with E-state index in [2.05, 4.69) is 11.1 Å². The summed E-state index contributed by atoms with van der Waals surface area (Å²) in [5.74, 6) is 0. The van der Waals surface area contributed by atoms with E-state index < -0.39 is 0 Å². The van der Waals surface area contributed by atoms with Gasteiger partial charge >= 0.3 is 0 Å². The Bertz CT molecular complexity index is 594. The number of aldehydes is 1. The summed E-state index contributed by atoms with van der Waals surface area (Å²) >= 11 is 6.29. The first-order valence-electron chi connectivity index (χ1n) is 5.81. The van der Waals surface area contributed by atoms with Gasteiger partial charge in [0.1, 0.15) is 6.29 Å². The molecule has 1 aliphatic rings. The highest BCUT2D eigenvalue weighted by molar-refractivity contribution is 6.20. The molecule has 2 aromatic rings. The Kier molecular flexibility index (Phi) is 2.60. The molecule has 0 amide bonds. The Morgan fingerprint density at radius 3 is 3.06 bits per heavy atom. The van der Waals surface area contributed by atoms with E-state index in [0.717, 1.165) is 42.1 Å². The van der Waals surface area contributed by atoms with E-state index in [9.17, 15) is 4.79 Å². The summed E-state index contributed by atoms with van der Waals surface area (Å²) in [5, 5.41) is 1.10. The van der Waals surface area contributed by atoms with Crippen LogP contribution in [0.5, 0.6) is 0 Å². The molecular weight excluding hydrogens is 234 g/mol. The van der Waals surface area contributed by atoms with Crippen LogP contribution in [0.3, 0.4) is 0 Å². The molecule has 3 rings (SSSR count). The molecule has 0 spiro atoms. The molecule has 0 radical (unpaired) electrons. The molecule has 0 aliphatic heterocycles. The molecule has 3 heteroatoms. The summed E-state index contributed by atoms with van der Waals surface area (Å²) in [5.41, 5.74) is 3.77. The molecule has 0 fully saturated rings. The van der Waals surface area contributed by atoms with E-state index >= 15 is 0 Å². The van der Waals surface area contributed by atoms with Crippen molar-refractivity contribution in [2.75, 3.05) is 0 Å². The topological polar surface area (TPSA) is 30.0 Å². The fourth-order valence-electron chi connectivity index (χ4n) is 2.40. The molecule has 86 valence electrons. The lowest BCUT2D eigenvalue weighted by atomic mass is 9.94. The Hall–Kier alpha value is -1.41. The van der Waals surface area contributed by atoms with Crippen molar-refractivity contribution in [1.82, 2.24) is 4.98 Å². The summed E-state index contributed by atoms with van der Waals surface area (Å²) < 4.78 is 0. The van der Waals surface area contributed by atoms with Crippen LogP contribution >= 0.6 is 11.6 Å². The van der Waals surface area contributed by atoms with Crippen molar-refractivity contribution in [2.45, 2.75) is 24.6 Å². The van der Waals surface area contributed by atoms with E-state index in [1.165, 1.54) is 5.56 Å². The van der Waals surface area contributed by atoms with Gasteiger partial charge in [-0.2, -0.15) is 0 Å². The number of fused-ring (bicyclic) bond motifs is 2. The number of hydrogen-bond acceptors (Lipinski definition) is 2. The molecule has 0 saturated carbocycles. The van der Waals surface area contributed by atoms with Gasteiger partial charge in [0.15, 0.2) is 0 Å². The van der Waals surface area contributed by atoms with Crippen LogP contribution in [-0.4, -0.2) is 11.3 Å². The maximum absolute atomic E-state index is 10.7. The van der Waals surface area contributed by atoms with E-state index in [1.807, 2.05) is 18.2 Å². The zero-order chi connectivity index (χ0) is 11.8. The summed E-state index contributed by atoms with van der Waals surface area (Å²) in [6.45, 7) is 0. The number of carbonyl (C=O) groups is 1. The third-order valence-corrected chi connectivity index (χ3v) is 3.72. The second kappa shape index (κ2) is 4.11. The number of nitrogens with zero attached hydrogens (tertiary/aromatic N) is 1. The first-order valence-corrected chi connectivity index (χ1v) is 6.24. The maximum atomic E-state index is 10.7. The molecule has 0 N–H and O–H groups in total. The lowest BCUT2D eigenvalue weighted by molar-refractivity contribution is 0.112. The van der Waals surface area contributed by atoms with E-state index in [-0.39, 0.29) is 5.38 Å². The Balaban J connectivity index is 2.24. The molecule has 1 heterocycles. The van der Waals surface area contributed by atoms with Crippen molar-refractivity contribution in [2.24, 2.45) is 0 Å². The number of benzene rings is 1. The molecule has 2 nitrogen and oxygen atoms in total. The summed E-state index contributed by atoms with van der Waals surface area (Å²) in [7, 11) is 0. The van der Waals surface area contributed by atoms with E-state index in [4.69, 9.17) is 11.6 Å². The van der Waals surface area contributed by atoms with Crippen molar-refractivity contribution >= 4 is 28.8 Å². The summed E-state index contributed by atoms with van der Waals surface area (Å²) in [6, 6.07) is 7.75. The second-order valence-corrected chi connectivity index (χ2v) is 4.99. The molecule has 1 unspecified atom stereocenters. The van der Waals surface area contributed by atoms with Gasteiger partial charge in [-0.05, 0) is 37.0 Å². The van der Waals surface area contributed by atoms with Crippen LogP contribution in [-0.2, 0) is 6.42 Å². The summed E-state index contributed by atoms with van der Waals surface area (Å²) in [6.07, 6.45) is 4.01. The van der Waals surface area contributed by atoms with Crippen LogP contribution in [0.1, 0.15) is 39.8 Å². The van der Waals surface area contributed by atoms with Gasteiger partial charge in [0.25, 0.3) is 0 Å². The van der Waals surface area contributed by atoms with Gasteiger partial charge in [-0.3, -0.25) is 9.78 Å². The largest absolute Gasteiger partial charge is 0.298 e. The zero-order valence-corrected chi connectivity index (χ0v) is 10.1. The van der Waals surface area contributed by atoms with E-state index in [0.29, 0.717) is 5.56 Å².